The lowest BCUT2D eigenvalue weighted by Crippen LogP contribution is -3.00. The molecule has 5 nitrogen and oxygen atoms in total. The van der Waals surface area contributed by atoms with Crippen molar-refractivity contribution in [3.05, 3.63) is 135 Å². The SMILES string of the molecule is COc1cccc2c1N(C(=O)CCn1c[n+](Cc3ccc4ccccc4c3)c3cc(C)c(C)cc31)C[C@@H]1Cc3ccc(Br)cc3[C@H]21.[Br-]. The van der Waals surface area contributed by atoms with E-state index in [0.717, 1.165) is 34.4 Å². The molecular weight excluding hydrogens is 714 g/mol. The zero-order valence-electron chi connectivity index (χ0n) is 26.8. The van der Waals surface area contributed by atoms with E-state index in [-0.39, 0.29) is 28.8 Å². The molecule has 8 rings (SSSR count). The number of fused-ring (bicyclic) bond motifs is 7. The maximum atomic E-state index is 14.2. The van der Waals surface area contributed by atoms with Gasteiger partial charge in [0.1, 0.15) is 12.3 Å². The molecule has 1 aliphatic heterocycles. The van der Waals surface area contributed by atoms with Gasteiger partial charge in [0.2, 0.25) is 12.2 Å². The van der Waals surface area contributed by atoms with Crippen LogP contribution in [0.5, 0.6) is 5.75 Å². The molecule has 0 saturated carbocycles. The van der Waals surface area contributed by atoms with Crippen LogP contribution in [0.1, 0.15) is 45.7 Å². The standard InChI is InChI=1S/C40H37BrN3O2.BrH/c1-25-17-35-36(18-26(25)2)43(22-27-11-12-28-7-4-5-8-29(28)19-27)24-42(35)16-15-38(45)44-23-31-20-30-13-14-32(41)21-34(30)39(31)33-9-6-10-37(46-3)40(33)44;/h4-14,17-19,21,24,31,39H,15-16,20,22-23H2,1-3H3;1H/q+1;/p-1/t31-,39-;/m0./s1. The lowest BCUT2D eigenvalue weighted by molar-refractivity contribution is -0.663. The van der Waals surface area contributed by atoms with Crippen LogP contribution >= 0.6 is 15.9 Å². The molecule has 47 heavy (non-hydrogen) atoms. The number of halogens is 2. The summed E-state index contributed by atoms with van der Waals surface area (Å²) >= 11 is 3.69. The van der Waals surface area contributed by atoms with Gasteiger partial charge in [-0.15, -0.1) is 0 Å². The van der Waals surface area contributed by atoms with Gasteiger partial charge < -0.3 is 26.6 Å². The lowest BCUT2D eigenvalue weighted by Gasteiger charge is -2.38. The van der Waals surface area contributed by atoms with Crippen LogP contribution in [0, 0.1) is 19.8 Å². The number of nitrogens with zero attached hydrogens (tertiary/aromatic N) is 3. The number of amides is 1. The van der Waals surface area contributed by atoms with Crippen LogP contribution in [-0.4, -0.2) is 24.1 Å². The first kappa shape index (κ1) is 31.6. The molecule has 0 saturated heterocycles. The number of benzene rings is 5. The number of rotatable bonds is 6. The number of hydrogen-bond acceptors (Lipinski definition) is 2. The largest absolute Gasteiger partial charge is 1.00 e. The quantitative estimate of drug-likeness (QED) is 0.218. The van der Waals surface area contributed by atoms with E-state index in [1.807, 2.05) is 11.0 Å². The van der Waals surface area contributed by atoms with Crippen molar-refractivity contribution in [3.63, 3.8) is 0 Å². The second-order valence-electron chi connectivity index (χ2n) is 13.0. The van der Waals surface area contributed by atoms with Crippen molar-refractivity contribution in [2.45, 2.75) is 45.7 Å². The number of para-hydroxylation sites is 1. The number of ether oxygens (including phenoxy) is 1. The Kier molecular flexibility index (Phi) is 8.48. The molecule has 1 aromatic heterocycles. The van der Waals surface area contributed by atoms with Gasteiger partial charge in [-0.3, -0.25) is 4.79 Å². The Labute approximate surface area is 294 Å². The Hall–Kier alpha value is -3.94. The molecule has 0 radical (unpaired) electrons. The van der Waals surface area contributed by atoms with E-state index in [1.165, 1.54) is 49.7 Å². The third-order valence-electron chi connectivity index (χ3n) is 10.2. The molecule has 0 unspecified atom stereocenters. The van der Waals surface area contributed by atoms with Gasteiger partial charge in [-0.25, -0.2) is 9.13 Å². The van der Waals surface area contributed by atoms with Crippen molar-refractivity contribution in [1.29, 1.82) is 0 Å². The second-order valence-corrected chi connectivity index (χ2v) is 13.9. The molecule has 2 aliphatic rings. The van der Waals surface area contributed by atoms with E-state index >= 15 is 0 Å². The fraction of sp³-hybridized carbons (Fsp3) is 0.250. The minimum Gasteiger partial charge on any atom is -1.00 e. The van der Waals surface area contributed by atoms with Crippen molar-refractivity contribution in [1.82, 2.24) is 4.57 Å². The summed E-state index contributed by atoms with van der Waals surface area (Å²) in [5.74, 6) is 1.50. The third kappa shape index (κ3) is 5.57. The van der Waals surface area contributed by atoms with E-state index in [1.54, 1.807) is 7.11 Å². The summed E-state index contributed by atoms with van der Waals surface area (Å²) < 4.78 is 11.6. The van der Waals surface area contributed by atoms with Gasteiger partial charge in [-0.05, 0) is 107 Å². The van der Waals surface area contributed by atoms with Gasteiger partial charge >= 0.3 is 0 Å². The first-order valence-electron chi connectivity index (χ1n) is 16.1. The van der Waals surface area contributed by atoms with E-state index in [2.05, 4.69) is 130 Å². The summed E-state index contributed by atoms with van der Waals surface area (Å²) in [6, 6.07) is 32.6. The zero-order chi connectivity index (χ0) is 31.5. The van der Waals surface area contributed by atoms with Crippen molar-refractivity contribution < 1.29 is 31.1 Å². The number of methoxy groups -OCH3 is 1. The highest BCUT2D eigenvalue weighted by atomic mass is 79.9. The van der Waals surface area contributed by atoms with E-state index in [4.69, 9.17) is 4.74 Å². The van der Waals surface area contributed by atoms with Crippen LogP contribution in [0.4, 0.5) is 5.69 Å². The van der Waals surface area contributed by atoms with Crippen molar-refractivity contribution in [3.8, 4) is 5.75 Å². The normalized spacial score (nSPS) is 16.5. The summed E-state index contributed by atoms with van der Waals surface area (Å²) in [6.45, 7) is 6.39. The number of anilines is 1. The Morgan fingerprint density at radius 2 is 1.72 bits per heavy atom. The van der Waals surface area contributed by atoms with Crippen LogP contribution in [0.25, 0.3) is 21.8 Å². The Morgan fingerprint density at radius 3 is 2.55 bits per heavy atom. The van der Waals surface area contributed by atoms with Crippen LogP contribution in [0.3, 0.4) is 0 Å². The minimum absolute atomic E-state index is 0. The molecule has 6 aromatic rings. The van der Waals surface area contributed by atoms with Crippen molar-refractivity contribution >= 4 is 49.3 Å². The van der Waals surface area contributed by atoms with Gasteiger partial charge in [-0.1, -0.05) is 70.5 Å². The molecule has 1 amide bonds. The number of imidazole rings is 1. The summed E-state index contributed by atoms with van der Waals surface area (Å²) in [6.07, 6.45) is 3.57. The smallest absolute Gasteiger partial charge is 0.245 e. The maximum absolute atomic E-state index is 14.2. The van der Waals surface area contributed by atoms with E-state index < -0.39 is 0 Å². The lowest BCUT2D eigenvalue weighted by atomic mass is 9.81. The fourth-order valence-corrected chi connectivity index (χ4v) is 8.19. The average Bonchev–Trinajstić information content (AvgIpc) is 3.59. The van der Waals surface area contributed by atoms with Gasteiger partial charge in [0.25, 0.3) is 0 Å². The van der Waals surface area contributed by atoms with Gasteiger partial charge in [0, 0.05) is 16.9 Å². The predicted molar refractivity (Wildman–Crippen MR) is 188 cm³/mol. The summed E-state index contributed by atoms with van der Waals surface area (Å²) in [4.78, 5) is 16.3. The minimum atomic E-state index is 0. The summed E-state index contributed by atoms with van der Waals surface area (Å²) in [7, 11) is 1.70. The maximum Gasteiger partial charge on any atom is 0.245 e. The molecule has 0 fully saturated rings. The third-order valence-corrected chi connectivity index (χ3v) is 10.7. The Balaban J connectivity index is 0.00000351. The first-order chi connectivity index (χ1) is 22.4. The number of carbonyl (C=O) groups is 1. The number of aryl methyl sites for hydroxylation is 3. The fourth-order valence-electron chi connectivity index (χ4n) is 7.81. The molecule has 7 heteroatoms. The first-order valence-corrected chi connectivity index (χ1v) is 16.9. The van der Waals surface area contributed by atoms with Gasteiger partial charge in [-0.2, -0.15) is 0 Å². The summed E-state index contributed by atoms with van der Waals surface area (Å²) in [5, 5.41) is 2.50. The van der Waals surface area contributed by atoms with Crippen molar-refractivity contribution in [2.24, 2.45) is 5.92 Å². The van der Waals surface area contributed by atoms with E-state index in [0.29, 0.717) is 25.4 Å². The average molecular weight is 752 g/mol. The summed E-state index contributed by atoms with van der Waals surface area (Å²) in [5.41, 5.74) is 11.0. The predicted octanol–water partition coefficient (Wildman–Crippen LogP) is 5.26. The highest BCUT2D eigenvalue weighted by Gasteiger charge is 2.43. The van der Waals surface area contributed by atoms with E-state index in [9.17, 15) is 4.79 Å². The van der Waals surface area contributed by atoms with Gasteiger partial charge in [0.05, 0.1) is 25.8 Å². The Bertz CT molecular complexity index is 2170. The molecule has 5 aromatic carbocycles. The molecule has 0 N–H and O–H groups in total. The van der Waals surface area contributed by atoms with Gasteiger partial charge in [0.15, 0.2) is 11.0 Å². The molecule has 238 valence electrons. The van der Waals surface area contributed by atoms with Crippen LogP contribution < -0.4 is 31.2 Å². The van der Waals surface area contributed by atoms with Crippen LogP contribution in [-0.2, 0) is 24.3 Å². The van der Waals surface area contributed by atoms with Crippen LogP contribution in [0.15, 0.2) is 102 Å². The molecular formula is C40H37Br2N3O2. The number of hydrogen-bond donors (Lipinski definition) is 0. The monoisotopic (exact) mass is 749 g/mol. The molecule has 0 spiro atoms. The number of carbonyl (C=O) groups excluding carboxylic acids is 1. The van der Waals surface area contributed by atoms with Crippen molar-refractivity contribution in [2.75, 3.05) is 18.6 Å². The molecule has 2 atom stereocenters. The molecule has 1 aliphatic carbocycles. The highest BCUT2D eigenvalue weighted by Crippen LogP contribution is 2.52. The topological polar surface area (TPSA) is 38.4 Å². The second kappa shape index (κ2) is 12.6. The molecule has 2 heterocycles. The highest BCUT2D eigenvalue weighted by molar-refractivity contribution is 9.10. The van der Waals surface area contributed by atoms with Crippen LogP contribution in [0.2, 0.25) is 0 Å². The molecule has 0 bridgehead atoms. The zero-order valence-corrected chi connectivity index (χ0v) is 30.0. The number of aromatic nitrogens is 2. The Morgan fingerprint density at radius 1 is 0.915 bits per heavy atom.